The quantitative estimate of drug-likeness (QED) is 0.789. The Kier molecular flexibility index (Phi) is 9.29. The summed E-state index contributed by atoms with van der Waals surface area (Å²) < 4.78 is 5.41. The van der Waals surface area contributed by atoms with Gasteiger partial charge in [0.2, 0.25) is 0 Å². The Hall–Kier alpha value is -1.34. The Morgan fingerprint density at radius 3 is 2.46 bits per heavy atom. The molecule has 0 fully saturated rings. The first-order chi connectivity index (χ1) is 10.4. The third-order valence-corrected chi connectivity index (χ3v) is 3.75. The van der Waals surface area contributed by atoms with E-state index < -0.39 is 5.54 Å². The molecule has 2 aromatic rings. The van der Waals surface area contributed by atoms with Gasteiger partial charge in [0.25, 0.3) is 5.91 Å². The van der Waals surface area contributed by atoms with E-state index in [0.717, 1.165) is 16.3 Å². The van der Waals surface area contributed by atoms with Crippen molar-refractivity contribution in [2.75, 3.05) is 13.2 Å². The standard InChI is InChI=1S/C16H21N3O2S.2ClH/c1-4-21-12-7-5-11(6-8-12)15-19-13(9-22-15)14(20)18-10-16(2,3)17;;/h5-9H,4,10,17H2,1-3H3,(H,18,20);2*1H. The van der Waals surface area contributed by atoms with Crippen LogP contribution in [0.2, 0.25) is 0 Å². The summed E-state index contributed by atoms with van der Waals surface area (Å²) in [5.41, 5.74) is 6.79. The molecular formula is C16H23Cl2N3O2S. The molecule has 0 aliphatic heterocycles. The number of thiazole rings is 1. The van der Waals surface area contributed by atoms with Gasteiger partial charge in [-0.05, 0) is 45.0 Å². The molecule has 134 valence electrons. The first kappa shape index (κ1) is 22.7. The fourth-order valence-electron chi connectivity index (χ4n) is 1.77. The molecular weight excluding hydrogens is 369 g/mol. The lowest BCUT2D eigenvalue weighted by atomic mass is 10.1. The molecule has 0 aliphatic carbocycles. The van der Waals surface area contributed by atoms with Gasteiger partial charge in [-0.1, -0.05) is 0 Å². The smallest absolute Gasteiger partial charge is 0.270 e. The minimum atomic E-state index is -0.441. The molecule has 0 saturated carbocycles. The number of amides is 1. The maximum absolute atomic E-state index is 12.0. The molecule has 2 rings (SSSR count). The number of carbonyl (C=O) groups excluding carboxylic acids is 1. The molecule has 1 aromatic carbocycles. The highest BCUT2D eigenvalue weighted by Crippen LogP contribution is 2.25. The number of aromatic nitrogens is 1. The Labute approximate surface area is 158 Å². The van der Waals surface area contributed by atoms with Gasteiger partial charge in [0.15, 0.2) is 0 Å². The number of hydrogen-bond donors (Lipinski definition) is 2. The highest BCUT2D eigenvalue weighted by atomic mass is 35.5. The van der Waals surface area contributed by atoms with Gasteiger partial charge in [-0.15, -0.1) is 36.2 Å². The van der Waals surface area contributed by atoms with Crippen molar-refractivity contribution in [3.05, 3.63) is 35.3 Å². The zero-order valence-electron chi connectivity index (χ0n) is 13.9. The number of nitrogens with one attached hydrogen (secondary N) is 1. The van der Waals surface area contributed by atoms with Gasteiger partial charge >= 0.3 is 0 Å². The lowest BCUT2D eigenvalue weighted by Crippen LogP contribution is -2.45. The normalized spacial score (nSPS) is 10.3. The van der Waals surface area contributed by atoms with Crippen molar-refractivity contribution in [2.24, 2.45) is 5.73 Å². The maximum Gasteiger partial charge on any atom is 0.270 e. The van der Waals surface area contributed by atoms with E-state index in [1.165, 1.54) is 11.3 Å². The van der Waals surface area contributed by atoms with Crippen molar-refractivity contribution in [1.29, 1.82) is 0 Å². The van der Waals surface area contributed by atoms with Crippen molar-refractivity contribution in [1.82, 2.24) is 10.3 Å². The zero-order chi connectivity index (χ0) is 16.2. The summed E-state index contributed by atoms with van der Waals surface area (Å²) in [6, 6.07) is 7.68. The van der Waals surface area contributed by atoms with E-state index in [2.05, 4.69) is 10.3 Å². The van der Waals surface area contributed by atoms with E-state index in [4.69, 9.17) is 10.5 Å². The maximum atomic E-state index is 12.0. The Bertz CT molecular complexity index is 640. The third kappa shape index (κ3) is 6.65. The second-order valence-corrected chi connectivity index (χ2v) is 6.52. The molecule has 24 heavy (non-hydrogen) atoms. The minimum absolute atomic E-state index is 0. The summed E-state index contributed by atoms with van der Waals surface area (Å²) in [4.78, 5) is 16.4. The molecule has 0 saturated heterocycles. The summed E-state index contributed by atoms with van der Waals surface area (Å²) in [6.07, 6.45) is 0. The van der Waals surface area contributed by atoms with Crippen LogP contribution >= 0.6 is 36.2 Å². The average molecular weight is 392 g/mol. The van der Waals surface area contributed by atoms with Gasteiger partial charge in [-0.25, -0.2) is 4.98 Å². The molecule has 0 aliphatic rings. The SMILES string of the molecule is CCOc1ccc(-c2nc(C(=O)NCC(C)(C)N)cs2)cc1.Cl.Cl. The number of hydrogen-bond acceptors (Lipinski definition) is 5. The second-order valence-electron chi connectivity index (χ2n) is 5.67. The van der Waals surface area contributed by atoms with Crippen molar-refractivity contribution in [2.45, 2.75) is 26.3 Å². The van der Waals surface area contributed by atoms with Crippen LogP contribution < -0.4 is 15.8 Å². The summed E-state index contributed by atoms with van der Waals surface area (Å²) >= 11 is 1.44. The first-order valence-electron chi connectivity index (χ1n) is 7.15. The number of nitrogens with zero attached hydrogens (tertiary/aromatic N) is 1. The van der Waals surface area contributed by atoms with E-state index in [1.54, 1.807) is 5.38 Å². The van der Waals surface area contributed by atoms with Crippen molar-refractivity contribution in [3.8, 4) is 16.3 Å². The van der Waals surface area contributed by atoms with Crippen LogP contribution in [-0.4, -0.2) is 29.6 Å². The zero-order valence-corrected chi connectivity index (χ0v) is 16.3. The molecule has 3 N–H and O–H groups in total. The fraction of sp³-hybridized carbons (Fsp3) is 0.375. The van der Waals surface area contributed by atoms with Crippen LogP contribution in [0, 0.1) is 0 Å². The molecule has 1 aromatic heterocycles. The van der Waals surface area contributed by atoms with Crippen LogP contribution in [0.3, 0.4) is 0 Å². The van der Waals surface area contributed by atoms with E-state index >= 15 is 0 Å². The number of carbonyl (C=O) groups is 1. The van der Waals surface area contributed by atoms with E-state index in [9.17, 15) is 4.79 Å². The fourth-order valence-corrected chi connectivity index (χ4v) is 2.58. The second kappa shape index (κ2) is 9.84. The molecule has 0 unspecified atom stereocenters. The predicted octanol–water partition coefficient (Wildman–Crippen LogP) is 3.52. The van der Waals surface area contributed by atoms with Gasteiger partial charge in [-0.3, -0.25) is 4.79 Å². The largest absolute Gasteiger partial charge is 0.494 e. The number of ether oxygens (including phenoxy) is 1. The lowest BCUT2D eigenvalue weighted by molar-refractivity contribution is 0.0942. The summed E-state index contributed by atoms with van der Waals surface area (Å²) in [5.74, 6) is 0.623. The van der Waals surface area contributed by atoms with Crippen LogP contribution in [0.5, 0.6) is 5.75 Å². The number of nitrogens with two attached hydrogens (primary N) is 1. The Morgan fingerprint density at radius 2 is 1.92 bits per heavy atom. The number of benzene rings is 1. The third-order valence-electron chi connectivity index (χ3n) is 2.85. The highest BCUT2D eigenvalue weighted by molar-refractivity contribution is 7.13. The molecule has 8 heteroatoms. The molecule has 1 amide bonds. The monoisotopic (exact) mass is 391 g/mol. The van der Waals surface area contributed by atoms with Crippen molar-refractivity contribution < 1.29 is 9.53 Å². The van der Waals surface area contributed by atoms with Gasteiger partial charge in [-0.2, -0.15) is 0 Å². The van der Waals surface area contributed by atoms with E-state index in [-0.39, 0.29) is 30.7 Å². The molecule has 5 nitrogen and oxygen atoms in total. The van der Waals surface area contributed by atoms with Gasteiger partial charge in [0.05, 0.1) is 6.61 Å². The van der Waals surface area contributed by atoms with Crippen LogP contribution in [-0.2, 0) is 0 Å². The first-order valence-corrected chi connectivity index (χ1v) is 8.03. The highest BCUT2D eigenvalue weighted by Gasteiger charge is 2.16. The summed E-state index contributed by atoms with van der Waals surface area (Å²) in [5, 5.41) is 5.35. The van der Waals surface area contributed by atoms with E-state index in [0.29, 0.717) is 18.8 Å². The van der Waals surface area contributed by atoms with Crippen molar-refractivity contribution >= 4 is 42.1 Å². The Balaban J connectivity index is 0.00000264. The lowest BCUT2D eigenvalue weighted by Gasteiger charge is -2.18. The molecule has 1 heterocycles. The molecule has 0 bridgehead atoms. The molecule has 0 spiro atoms. The predicted molar refractivity (Wildman–Crippen MR) is 104 cm³/mol. The minimum Gasteiger partial charge on any atom is -0.494 e. The number of halogens is 2. The van der Waals surface area contributed by atoms with E-state index in [1.807, 2.05) is 45.0 Å². The molecule has 0 radical (unpaired) electrons. The topological polar surface area (TPSA) is 77.2 Å². The van der Waals surface area contributed by atoms with Gasteiger partial charge in [0.1, 0.15) is 16.5 Å². The Morgan fingerprint density at radius 1 is 1.29 bits per heavy atom. The summed E-state index contributed by atoms with van der Waals surface area (Å²) in [6.45, 7) is 6.71. The van der Waals surface area contributed by atoms with Crippen LogP contribution in [0.4, 0.5) is 0 Å². The van der Waals surface area contributed by atoms with Crippen LogP contribution in [0.15, 0.2) is 29.6 Å². The van der Waals surface area contributed by atoms with Crippen LogP contribution in [0.1, 0.15) is 31.3 Å². The molecule has 0 atom stereocenters. The van der Waals surface area contributed by atoms with Gasteiger partial charge in [0, 0.05) is 23.0 Å². The number of rotatable bonds is 6. The van der Waals surface area contributed by atoms with Crippen molar-refractivity contribution in [3.63, 3.8) is 0 Å². The van der Waals surface area contributed by atoms with Gasteiger partial charge < -0.3 is 15.8 Å². The summed E-state index contributed by atoms with van der Waals surface area (Å²) in [7, 11) is 0. The van der Waals surface area contributed by atoms with Crippen LogP contribution in [0.25, 0.3) is 10.6 Å². The average Bonchev–Trinajstić information content (AvgIpc) is 2.95.